The minimum Gasteiger partial charge on any atom is -0.497 e. The smallest absolute Gasteiger partial charge is 0.266 e. The molecule has 1 heterocycles. The van der Waals surface area contributed by atoms with Crippen LogP contribution < -0.4 is 15.0 Å². The van der Waals surface area contributed by atoms with Gasteiger partial charge in [-0.1, -0.05) is 41.9 Å². The van der Waals surface area contributed by atoms with Gasteiger partial charge in [-0.05, 0) is 54.1 Å². The molecule has 0 N–H and O–H groups in total. The molecule has 0 fully saturated rings. The van der Waals surface area contributed by atoms with Crippen molar-refractivity contribution >= 4 is 34.7 Å². The molecular weight excluding hydrogens is 400 g/mol. The van der Waals surface area contributed by atoms with E-state index < -0.39 is 0 Å². The first-order chi connectivity index (χ1) is 14.6. The number of para-hydroxylation sites is 1. The van der Waals surface area contributed by atoms with Gasteiger partial charge in [0.2, 0.25) is 0 Å². The van der Waals surface area contributed by atoms with Gasteiger partial charge in [0.25, 0.3) is 5.56 Å². The highest BCUT2D eigenvalue weighted by Crippen LogP contribution is 2.27. The minimum absolute atomic E-state index is 0.170. The Balaban J connectivity index is 1.89. The van der Waals surface area contributed by atoms with Gasteiger partial charge in [0.05, 0.1) is 35.8 Å². The standard InChI is InChI=1S/C24H19ClN2O3/c1-29-18-11-7-16(8-12-18)9-14-23-26-21-6-4-3-5-19(21)24(28)27(23)17-10-13-22(30-2)20(25)15-17/h3-15H,1-2H3. The second-order valence-corrected chi connectivity index (χ2v) is 6.96. The van der Waals surface area contributed by atoms with Crippen molar-refractivity contribution in [3.05, 3.63) is 93.5 Å². The minimum atomic E-state index is -0.170. The van der Waals surface area contributed by atoms with Gasteiger partial charge in [0.1, 0.15) is 17.3 Å². The number of hydrogen-bond donors (Lipinski definition) is 0. The van der Waals surface area contributed by atoms with Crippen LogP contribution in [0.3, 0.4) is 0 Å². The third kappa shape index (κ3) is 3.80. The van der Waals surface area contributed by atoms with E-state index in [1.165, 1.54) is 0 Å². The fraction of sp³-hybridized carbons (Fsp3) is 0.0833. The van der Waals surface area contributed by atoms with Crippen LogP contribution in [0.2, 0.25) is 5.02 Å². The maximum Gasteiger partial charge on any atom is 0.266 e. The summed E-state index contributed by atoms with van der Waals surface area (Å²) in [4.78, 5) is 18.0. The first-order valence-electron chi connectivity index (χ1n) is 9.28. The Morgan fingerprint density at radius 1 is 0.933 bits per heavy atom. The van der Waals surface area contributed by atoms with E-state index in [1.807, 2.05) is 54.6 Å². The molecule has 4 rings (SSSR count). The SMILES string of the molecule is COc1ccc(C=Cc2nc3ccccc3c(=O)n2-c2ccc(OC)c(Cl)c2)cc1. The molecule has 4 aromatic rings. The Kier molecular flexibility index (Phi) is 5.55. The average molecular weight is 419 g/mol. The van der Waals surface area contributed by atoms with Crippen LogP contribution in [0.4, 0.5) is 0 Å². The first-order valence-corrected chi connectivity index (χ1v) is 9.66. The molecule has 0 saturated carbocycles. The number of aromatic nitrogens is 2. The van der Waals surface area contributed by atoms with Crippen LogP contribution in [0.25, 0.3) is 28.7 Å². The lowest BCUT2D eigenvalue weighted by Gasteiger charge is -2.13. The summed E-state index contributed by atoms with van der Waals surface area (Å²) < 4.78 is 12.0. The fourth-order valence-electron chi connectivity index (χ4n) is 3.19. The van der Waals surface area contributed by atoms with Crippen LogP contribution in [0.15, 0.2) is 71.5 Å². The third-order valence-corrected chi connectivity index (χ3v) is 5.03. The zero-order valence-electron chi connectivity index (χ0n) is 16.5. The summed E-state index contributed by atoms with van der Waals surface area (Å²) in [5.74, 6) is 1.81. The summed E-state index contributed by atoms with van der Waals surface area (Å²) in [7, 11) is 3.18. The normalized spacial score (nSPS) is 11.2. The van der Waals surface area contributed by atoms with E-state index in [0.29, 0.717) is 33.2 Å². The second kappa shape index (κ2) is 8.43. The zero-order valence-corrected chi connectivity index (χ0v) is 17.3. The molecule has 5 nitrogen and oxygen atoms in total. The molecule has 6 heteroatoms. The van der Waals surface area contributed by atoms with Crippen LogP contribution in [0.1, 0.15) is 11.4 Å². The van der Waals surface area contributed by atoms with Crippen molar-refractivity contribution in [2.24, 2.45) is 0 Å². The monoisotopic (exact) mass is 418 g/mol. The van der Waals surface area contributed by atoms with Crippen molar-refractivity contribution in [1.29, 1.82) is 0 Å². The van der Waals surface area contributed by atoms with Gasteiger partial charge in [0.15, 0.2) is 0 Å². The van der Waals surface area contributed by atoms with Crippen LogP contribution in [0, 0.1) is 0 Å². The molecule has 150 valence electrons. The molecule has 0 aliphatic heterocycles. The molecule has 0 aliphatic carbocycles. The Morgan fingerprint density at radius 3 is 2.40 bits per heavy atom. The fourth-order valence-corrected chi connectivity index (χ4v) is 3.44. The summed E-state index contributed by atoms with van der Waals surface area (Å²) in [5, 5.41) is 0.950. The molecule has 1 aromatic heterocycles. The second-order valence-electron chi connectivity index (χ2n) is 6.55. The lowest BCUT2D eigenvalue weighted by Crippen LogP contribution is -2.22. The summed E-state index contributed by atoms with van der Waals surface area (Å²) in [6.07, 6.45) is 3.71. The van der Waals surface area contributed by atoms with Crippen molar-refractivity contribution in [3.8, 4) is 17.2 Å². The van der Waals surface area contributed by atoms with Crippen molar-refractivity contribution < 1.29 is 9.47 Å². The van der Waals surface area contributed by atoms with Gasteiger partial charge in [-0.15, -0.1) is 0 Å². The Labute approximate surface area is 178 Å². The third-order valence-electron chi connectivity index (χ3n) is 4.74. The predicted molar refractivity (Wildman–Crippen MR) is 121 cm³/mol. The average Bonchev–Trinajstić information content (AvgIpc) is 2.78. The number of hydrogen-bond acceptors (Lipinski definition) is 4. The van der Waals surface area contributed by atoms with Gasteiger partial charge in [0, 0.05) is 0 Å². The van der Waals surface area contributed by atoms with E-state index >= 15 is 0 Å². The Morgan fingerprint density at radius 2 is 1.70 bits per heavy atom. The molecule has 0 amide bonds. The largest absolute Gasteiger partial charge is 0.497 e. The number of halogens is 1. The molecule has 0 unspecified atom stereocenters. The van der Waals surface area contributed by atoms with E-state index in [9.17, 15) is 4.79 Å². The van der Waals surface area contributed by atoms with Crippen LogP contribution in [-0.2, 0) is 0 Å². The highest BCUT2D eigenvalue weighted by Gasteiger charge is 2.12. The highest BCUT2D eigenvalue weighted by molar-refractivity contribution is 6.32. The van der Waals surface area contributed by atoms with Crippen molar-refractivity contribution in [1.82, 2.24) is 9.55 Å². The van der Waals surface area contributed by atoms with E-state index in [-0.39, 0.29) is 5.56 Å². The first kappa shape index (κ1) is 19.7. The van der Waals surface area contributed by atoms with Crippen LogP contribution >= 0.6 is 11.6 Å². The molecule has 0 bridgehead atoms. The number of rotatable bonds is 5. The summed E-state index contributed by atoms with van der Waals surface area (Å²) in [6, 6.07) is 20.1. The highest BCUT2D eigenvalue weighted by atomic mass is 35.5. The molecule has 0 aliphatic rings. The Bertz CT molecular complexity index is 1290. The zero-order chi connectivity index (χ0) is 21.1. The molecular formula is C24H19ClN2O3. The summed E-state index contributed by atoms with van der Waals surface area (Å²) in [6.45, 7) is 0. The number of nitrogens with zero attached hydrogens (tertiary/aromatic N) is 2. The van der Waals surface area contributed by atoms with Gasteiger partial charge in [-0.2, -0.15) is 0 Å². The molecule has 0 radical (unpaired) electrons. The molecule has 30 heavy (non-hydrogen) atoms. The van der Waals surface area contributed by atoms with E-state index in [2.05, 4.69) is 0 Å². The predicted octanol–water partition coefficient (Wildman–Crippen LogP) is 5.23. The van der Waals surface area contributed by atoms with E-state index in [1.54, 1.807) is 43.1 Å². The van der Waals surface area contributed by atoms with Crippen molar-refractivity contribution in [2.75, 3.05) is 14.2 Å². The van der Waals surface area contributed by atoms with Crippen molar-refractivity contribution in [3.63, 3.8) is 0 Å². The Hall–Kier alpha value is -3.57. The van der Waals surface area contributed by atoms with E-state index in [4.69, 9.17) is 26.1 Å². The molecule has 0 spiro atoms. The number of ether oxygens (including phenoxy) is 2. The number of methoxy groups -OCH3 is 2. The maximum absolute atomic E-state index is 13.3. The van der Waals surface area contributed by atoms with Gasteiger partial charge in [-0.25, -0.2) is 4.98 Å². The van der Waals surface area contributed by atoms with Gasteiger partial charge in [-0.3, -0.25) is 9.36 Å². The lowest BCUT2D eigenvalue weighted by atomic mass is 10.2. The maximum atomic E-state index is 13.3. The topological polar surface area (TPSA) is 53.3 Å². The van der Waals surface area contributed by atoms with E-state index in [0.717, 1.165) is 11.3 Å². The summed E-state index contributed by atoms with van der Waals surface area (Å²) >= 11 is 6.31. The quantitative estimate of drug-likeness (QED) is 0.445. The number of benzene rings is 3. The number of fused-ring (bicyclic) bond motifs is 1. The molecule has 0 atom stereocenters. The van der Waals surface area contributed by atoms with Gasteiger partial charge < -0.3 is 9.47 Å². The summed E-state index contributed by atoms with van der Waals surface area (Å²) in [5.41, 5.74) is 2.03. The molecule has 0 saturated heterocycles. The molecule has 3 aromatic carbocycles. The lowest BCUT2D eigenvalue weighted by molar-refractivity contribution is 0.414. The van der Waals surface area contributed by atoms with Gasteiger partial charge >= 0.3 is 0 Å². The van der Waals surface area contributed by atoms with Crippen molar-refractivity contribution in [2.45, 2.75) is 0 Å². The van der Waals surface area contributed by atoms with Crippen LogP contribution in [-0.4, -0.2) is 23.8 Å². The van der Waals surface area contributed by atoms with Crippen LogP contribution in [0.5, 0.6) is 11.5 Å².